The number of hydrogen-bond donors (Lipinski definition) is 2. The molecule has 2 N–H and O–H groups in total. The second-order valence-corrected chi connectivity index (χ2v) is 4.63. The maximum absolute atomic E-state index is 11.5. The highest BCUT2D eigenvalue weighted by molar-refractivity contribution is 5.98. The van der Waals surface area contributed by atoms with Gasteiger partial charge in [0.2, 0.25) is 0 Å². The lowest BCUT2D eigenvalue weighted by molar-refractivity contribution is -0.157. The molecule has 1 saturated heterocycles. The highest BCUT2D eigenvalue weighted by atomic mass is 16.6. The van der Waals surface area contributed by atoms with E-state index in [-0.39, 0.29) is 6.42 Å². The topological polar surface area (TPSA) is 118 Å². The van der Waals surface area contributed by atoms with Gasteiger partial charge in [-0.25, -0.2) is 0 Å². The number of carboxylic acid groups (broad SMARTS) is 2. The van der Waals surface area contributed by atoms with E-state index in [1.54, 1.807) is 0 Å². The van der Waals surface area contributed by atoms with Crippen molar-refractivity contribution in [3.05, 3.63) is 0 Å². The number of carboxylic acids is 2. The molecule has 0 aromatic carbocycles. The van der Waals surface area contributed by atoms with Crippen LogP contribution in [0.5, 0.6) is 0 Å². The summed E-state index contributed by atoms with van der Waals surface area (Å²) in [5.41, 5.74) is -1.70. The molecular weight excluding hydrogens is 256 g/mol. The zero-order chi connectivity index (χ0) is 14.8. The van der Waals surface area contributed by atoms with Crippen LogP contribution in [0.2, 0.25) is 0 Å². The Morgan fingerprint density at radius 2 is 1.95 bits per heavy atom. The lowest BCUT2D eigenvalue weighted by Gasteiger charge is -2.25. The Morgan fingerprint density at radius 1 is 1.37 bits per heavy atom. The Kier molecular flexibility index (Phi) is 3.95. The molecule has 1 aliphatic rings. The molecule has 7 nitrogen and oxygen atoms in total. The van der Waals surface area contributed by atoms with E-state index in [4.69, 9.17) is 16.6 Å². The minimum atomic E-state index is -1.70. The average molecular weight is 268 g/mol. The van der Waals surface area contributed by atoms with Crippen molar-refractivity contribution in [2.24, 2.45) is 17.3 Å². The molecule has 1 aliphatic heterocycles. The van der Waals surface area contributed by atoms with Gasteiger partial charge in [-0.1, -0.05) is 5.92 Å². The summed E-state index contributed by atoms with van der Waals surface area (Å²) in [7, 11) is 0. The normalized spacial score (nSPS) is 25.3. The number of carbonyl (C=O) groups is 4. The van der Waals surface area contributed by atoms with Gasteiger partial charge in [0, 0.05) is 0 Å². The van der Waals surface area contributed by atoms with Crippen LogP contribution < -0.4 is 0 Å². The zero-order valence-corrected chi connectivity index (χ0v) is 10.1. The van der Waals surface area contributed by atoms with Crippen LogP contribution in [0.15, 0.2) is 0 Å². The van der Waals surface area contributed by atoms with Crippen LogP contribution in [0.3, 0.4) is 0 Å². The van der Waals surface area contributed by atoms with Crippen LogP contribution in [-0.4, -0.2) is 34.1 Å². The minimum Gasteiger partial charge on any atom is -0.481 e. The van der Waals surface area contributed by atoms with Gasteiger partial charge in [0.15, 0.2) is 0 Å². The van der Waals surface area contributed by atoms with Crippen molar-refractivity contribution >= 4 is 23.9 Å². The summed E-state index contributed by atoms with van der Waals surface area (Å²) in [6, 6.07) is 0. The molecule has 102 valence electrons. The first-order valence-corrected chi connectivity index (χ1v) is 5.38. The molecule has 0 saturated carbocycles. The van der Waals surface area contributed by atoms with Crippen molar-refractivity contribution in [2.75, 3.05) is 0 Å². The molecule has 0 amide bonds. The third kappa shape index (κ3) is 2.91. The van der Waals surface area contributed by atoms with Crippen LogP contribution in [-0.2, 0) is 23.9 Å². The smallest absolute Gasteiger partial charge is 0.329 e. The fourth-order valence-corrected chi connectivity index (χ4v) is 1.98. The van der Waals surface area contributed by atoms with Gasteiger partial charge in [-0.05, 0) is 13.3 Å². The Bertz CT molecular complexity index is 487. The molecule has 0 aromatic rings. The largest absolute Gasteiger partial charge is 0.481 e. The Morgan fingerprint density at radius 3 is 2.37 bits per heavy atom. The molecule has 7 heteroatoms. The summed E-state index contributed by atoms with van der Waals surface area (Å²) in [5.74, 6) is -4.73. The quantitative estimate of drug-likeness (QED) is 0.405. The maximum atomic E-state index is 11.5. The van der Waals surface area contributed by atoms with Gasteiger partial charge in [-0.15, -0.1) is 6.42 Å². The molecule has 0 aromatic heterocycles. The monoisotopic (exact) mass is 268 g/mol. The van der Waals surface area contributed by atoms with Crippen molar-refractivity contribution in [2.45, 2.75) is 19.8 Å². The van der Waals surface area contributed by atoms with Crippen molar-refractivity contribution in [1.82, 2.24) is 0 Å². The van der Waals surface area contributed by atoms with Crippen LogP contribution in [0.1, 0.15) is 19.8 Å². The molecular formula is C12H12O7. The molecule has 3 atom stereocenters. The summed E-state index contributed by atoms with van der Waals surface area (Å²) < 4.78 is 4.35. The third-order valence-electron chi connectivity index (χ3n) is 3.07. The zero-order valence-electron chi connectivity index (χ0n) is 10.1. The fourth-order valence-electron chi connectivity index (χ4n) is 1.98. The molecule has 1 rings (SSSR count). The lowest BCUT2D eigenvalue weighted by atomic mass is 9.75. The summed E-state index contributed by atoms with van der Waals surface area (Å²) in [4.78, 5) is 44.6. The number of esters is 2. The minimum absolute atomic E-state index is 0.367. The first-order valence-electron chi connectivity index (χ1n) is 5.38. The van der Waals surface area contributed by atoms with Crippen LogP contribution in [0.4, 0.5) is 0 Å². The first-order chi connectivity index (χ1) is 8.71. The Hall–Kier alpha value is -2.36. The molecule has 0 bridgehead atoms. The Labute approximate surface area is 108 Å². The van der Waals surface area contributed by atoms with Crippen molar-refractivity contribution in [3.63, 3.8) is 0 Å². The van der Waals surface area contributed by atoms with Crippen molar-refractivity contribution in [1.29, 1.82) is 0 Å². The van der Waals surface area contributed by atoms with Gasteiger partial charge in [0.05, 0.1) is 17.8 Å². The maximum Gasteiger partial charge on any atom is 0.329 e. The summed E-state index contributed by atoms with van der Waals surface area (Å²) in [6.45, 7) is 1.19. The van der Waals surface area contributed by atoms with Gasteiger partial charge in [0.25, 0.3) is 0 Å². The van der Waals surface area contributed by atoms with Crippen LogP contribution in [0.25, 0.3) is 0 Å². The first kappa shape index (κ1) is 14.7. The van der Waals surface area contributed by atoms with Gasteiger partial charge in [-0.2, -0.15) is 0 Å². The van der Waals surface area contributed by atoms with E-state index in [0.29, 0.717) is 0 Å². The molecule has 0 radical (unpaired) electrons. The molecule has 0 aliphatic carbocycles. The molecule has 19 heavy (non-hydrogen) atoms. The molecule has 1 heterocycles. The van der Waals surface area contributed by atoms with Gasteiger partial charge in [0.1, 0.15) is 5.92 Å². The molecule has 1 fully saturated rings. The predicted octanol–water partition coefficient (Wildman–Crippen LogP) is -0.109. The highest BCUT2D eigenvalue weighted by Crippen LogP contribution is 2.37. The number of ether oxygens (including phenoxy) is 1. The summed E-state index contributed by atoms with van der Waals surface area (Å²) in [6.07, 6.45) is 4.06. The van der Waals surface area contributed by atoms with Crippen molar-refractivity contribution < 1.29 is 34.1 Å². The number of carbonyl (C=O) groups excluding carboxylic acids is 2. The van der Waals surface area contributed by atoms with E-state index >= 15 is 0 Å². The average Bonchev–Trinajstić information content (AvgIpc) is 2.52. The number of terminal acetylenes is 1. The standard InChI is InChI=1S/C12H12O7/c1-3-6-7(10(16)19-9(6)15)4-12(2,11(17)18)5-8(13)14/h1,6-7H,4-5H2,2H3,(H,13,14)(H,17,18). The number of hydrogen-bond acceptors (Lipinski definition) is 5. The van der Waals surface area contributed by atoms with Gasteiger partial charge in [-0.3, -0.25) is 19.2 Å². The van der Waals surface area contributed by atoms with Crippen LogP contribution in [0, 0.1) is 29.6 Å². The van der Waals surface area contributed by atoms with E-state index in [0.717, 1.165) is 0 Å². The number of rotatable bonds is 5. The van der Waals surface area contributed by atoms with Gasteiger partial charge < -0.3 is 14.9 Å². The number of cyclic esters (lactones) is 2. The third-order valence-corrected chi connectivity index (χ3v) is 3.07. The van der Waals surface area contributed by atoms with E-state index in [9.17, 15) is 19.2 Å². The van der Waals surface area contributed by atoms with E-state index in [1.165, 1.54) is 6.92 Å². The summed E-state index contributed by atoms with van der Waals surface area (Å²) in [5, 5.41) is 17.8. The lowest BCUT2D eigenvalue weighted by Crippen LogP contribution is -2.35. The SMILES string of the molecule is C#CC1C(=O)OC(=O)C1CC(C)(CC(=O)O)C(=O)O. The Balaban J connectivity index is 3.00. The predicted molar refractivity (Wildman–Crippen MR) is 59.5 cm³/mol. The number of aliphatic carboxylic acids is 2. The van der Waals surface area contributed by atoms with Crippen LogP contribution >= 0.6 is 0 Å². The van der Waals surface area contributed by atoms with E-state index in [2.05, 4.69) is 10.7 Å². The van der Waals surface area contributed by atoms with Gasteiger partial charge >= 0.3 is 23.9 Å². The van der Waals surface area contributed by atoms with Crippen molar-refractivity contribution in [3.8, 4) is 12.3 Å². The molecule has 3 unspecified atom stereocenters. The summed E-state index contributed by atoms with van der Waals surface area (Å²) >= 11 is 0. The van der Waals surface area contributed by atoms with E-state index in [1.807, 2.05) is 0 Å². The second kappa shape index (κ2) is 5.10. The highest BCUT2D eigenvalue weighted by Gasteiger charge is 2.49. The second-order valence-electron chi connectivity index (χ2n) is 4.63. The fraction of sp³-hybridized carbons (Fsp3) is 0.500. The molecule has 0 spiro atoms. The van der Waals surface area contributed by atoms with E-state index < -0.39 is 47.5 Å².